The molecular weight excluding hydrogens is 362 g/mol. The molecule has 0 saturated carbocycles. The molecule has 0 aliphatic rings. The fraction of sp³-hybridized carbons (Fsp3) is 0.250. The first-order valence-electron chi connectivity index (χ1n) is 5.87. The molecule has 2 rings (SSSR count). The van der Waals surface area contributed by atoms with Crippen LogP contribution in [-0.2, 0) is 10.0 Å². The van der Waals surface area contributed by atoms with E-state index in [4.69, 9.17) is 0 Å². The minimum absolute atomic E-state index is 0.258. The average Bonchev–Trinajstić information content (AvgIpc) is 2.78. The molecule has 0 amide bonds. The van der Waals surface area contributed by atoms with Crippen LogP contribution >= 0.6 is 27.3 Å². The van der Waals surface area contributed by atoms with E-state index in [0.717, 1.165) is 15.1 Å². The number of pyridine rings is 1. The predicted octanol–water partition coefficient (Wildman–Crippen LogP) is 3.53. The Kier molecular flexibility index (Phi) is 4.66. The molecule has 0 bridgehead atoms. The van der Waals surface area contributed by atoms with Gasteiger partial charge in [-0.1, -0.05) is 0 Å². The second kappa shape index (κ2) is 6.11. The van der Waals surface area contributed by atoms with E-state index in [-0.39, 0.29) is 10.3 Å². The number of thiophene rings is 1. The van der Waals surface area contributed by atoms with Gasteiger partial charge in [-0.2, -0.15) is 0 Å². The van der Waals surface area contributed by atoms with Crippen molar-refractivity contribution in [2.45, 2.75) is 24.1 Å². The van der Waals surface area contributed by atoms with Crippen molar-refractivity contribution < 1.29 is 8.42 Å². The topological polar surface area (TPSA) is 71.1 Å². The van der Waals surface area contributed by atoms with Gasteiger partial charge in [0.25, 0.3) is 10.0 Å². The summed E-state index contributed by atoms with van der Waals surface area (Å²) in [6, 6.07) is 6.94. The molecule has 0 unspecified atom stereocenters. The molecule has 2 N–H and O–H groups in total. The third-order valence-electron chi connectivity index (χ3n) is 2.27. The highest BCUT2D eigenvalue weighted by Crippen LogP contribution is 2.27. The van der Waals surface area contributed by atoms with Gasteiger partial charge in [-0.25, -0.2) is 13.4 Å². The Morgan fingerprint density at radius 2 is 2.00 bits per heavy atom. The van der Waals surface area contributed by atoms with Crippen LogP contribution in [0, 0.1) is 0 Å². The molecule has 0 saturated heterocycles. The number of anilines is 2. The number of aromatic nitrogens is 1. The smallest absolute Gasteiger partial charge is 0.271 e. The third kappa shape index (κ3) is 3.94. The summed E-state index contributed by atoms with van der Waals surface area (Å²) < 4.78 is 27.8. The molecule has 2 heterocycles. The van der Waals surface area contributed by atoms with Gasteiger partial charge >= 0.3 is 0 Å². The van der Waals surface area contributed by atoms with Gasteiger partial charge < -0.3 is 5.32 Å². The Morgan fingerprint density at radius 3 is 2.50 bits per heavy atom. The van der Waals surface area contributed by atoms with Gasteiger partial charge in [0.1, 0.15) is 10.0 Å². The standard InChI is InChI=1S/C12H14BrN3O2S2/c1-8(2)15-11-5-3-9(7-14-11)16-20(17,18)12-6-4-10(13)19-12/h3-8,16H,1-2H3,(H,14,15). The molecule has 0 radical (unpaired) electrons. The molecule has 108 valence electrons. The molecular formula is C12H14BrN3O2S2. The molecule has 2 aromatic rings. The Bertz CT molecular complexity index is 681. The molecule has 5 nitrogen and oxygen atoms in total. The summed E-state index contributed by atoms with van der Waals surface area (Å²) in [7, 11) is -3.55. The quantitative estimate of drug-likeness (QED) is 0.838. The molecule has 20 heavy (non-hydrogen) atoms. The average molecular weight is 376 g/mol. The number of hydrogen-bond donors (Lipinski definition) is 2. The Balaban J connectivity index is 2.13. The number of nitrogens with zero attached hydrogens (tertiary/aromatic N) is 1. The van der Waals surface area contributed by atoms with E-state index in [0.29, 0.717) is 11.5 Å². The van der Waals surface area contributed by atoms with Crippen LogP contribution in [0.4, 0.5) is 11.5 Å². The van der Waals surface area contributed by atoms with E-state index in [9.17, 15) is 8.42 Å². The number of rotatable bonds is 5. The molecule has 0 spiro atoms. The summed E-state index contributed by atoms with van der Waals surface area (Å²) >= 11 is 4.41. The fourth-order valence-electron chi connectivity index (χ4n) is 1.48. The van der Waals surface area contributed by atoms with Crippen LogP contribution in [0.2, 0.25) is 0 Å². The predicted molar refractivity (Wildman–Crippen MR) is 85.8 cm³/mol. The molecule has 0 aromatic carbocycles. The summed E-state index contributed by atoms with van der Waals surface area (Å²) in [5.74, 6) is 0.710. The number of hydrogen-bond acceptors (Lipinski definition) is 5. The molecule has 0 aliphatic heterocycles. The number of nitrogens with one attached hydrogen (secondary N) is 2. The van der Waals surface area contributed by atoms with E-state index >= 15 is 0 Å². The van der Waals surface area contributed by atoms with Gasteiger partial charge in [0.2, 0.25) is 0 Å². The van der Waals surface area contributed by atoms with Gasteiger partial charge in [-0.3, -0.25) is 4.72 Å². The van der Waals surface area contributed by atoms with E-state index in [1.807, 2.05) is 13.8 Å². The minimum Gasteiger partial charge on any atom is -0.368 e. The molecule has 0 aliphatic carbocycles. The lowest BCUT2D eigenvalue weighted by molar-refractivity contribution is 0.603. The Labute approximate surface area is 130 Å². The highest BCUT2D eigenvalue weighted by atomic mass is 79.9. The van der Waals surface area contributed by atoms with Crippen LogP contribution in [0.5, 0.6) is 0 Å². The maximum atomic E-state index is 12.1. The molecule has 0 fully saturated rings. The SMILES string of the molecule is CC(C)Nc1ccc(NS(=O)(=O)c2ccc(Br)s2)cn1. The van der Waals surface area contributed by atoms with Gasteiger partial charge in [-0.15, -0.1) is 11.3 Å². The van der Waals surface area contributed by atoms with Gasteiger partial charge in [0, 0.05) is 6.04 Å². The van der Waals surface area contributed by atoms with Crippen LogP contribution in [0.15, 0.2) is 38.5 Å². The van der Waals surface area contributed by atoms with Crippen LogP contribution in [0.3, 0.4) is 0 Å². The largest absolute Gasteiger partial charge is 0.368 e. The van der Waals surface area contributed by atoms with Crippen LogP contribution in [0.1, 0.15) is 13.8 Å². The van der Waals surface area contributed by atoms with Crippen molar-refractivity contribution in [2.24, 2.45) is 0 Å². The first-order chi connectivity index (χ1) is 9.37. The van der Waals surface area contributed by atoms with Crippen LogP contribution < -0.4 is 10.0 Å². The van der Waals surface area contributed by atoms with Crippen molar-refractivity contribution >= 4 is 48.8 Å². The van der Waals surface area contributed by atoms with Crippen molar-refractivity contribution in [2.75, 3.05) is 10.0 Å². The summed E-state index contributed by atoms with van der Waals surface area (Å²) in [5, 5.41) is 3.14. The first kappa shape index (κ1) is 15.3. The van der Waals surface area contributed by atoms with Gasteiger partial charge in [-0.05, 0) is 54.0 Å². The van der Waals surface area contributed by atoms with Crippen LogP contribution in [0.25, 0.3) is 0 Å². The second-order valence-electron chi connectivity index (χ2n) is 4.40. The zero-order chi connectivity index (χ0) is 14.8. The fourth-order valence-corrected chi connectivity index (χ4v) is 4.54. The van der Waals surface area contributed by atoms with Crippen molar-refractivity contribution in [3.8, 4) is 0 Å². The maximum absolute atomic E-state index is 12.1. The van der Waals surface area contributed by atoms with E-state index in [2.05, 4.69) is 31.0 Å². The monoisotopic (exact) mass is 375 g/mol. The molecule has 2 aromatic heterocycles. The van der Waals surface area contributed by atoms with Crippen molar-refractivity contribution in [3.63, 3.8) is 0 Å². The van der Waals surface area contributed by atoms with Gasteiger partial charge in [0.15, 0.2) is 0 Å². The molecule has 0 atom stereocenters. The van der Waals surface area contributed by atoms with Crippen LogP contribution in [-0.4, -0.2) is 19.4 Å². The second-order valence-corrected chi connectivity index (χ2v) is 8.77. The normalized spacial score (nSPS) is 11.6. The van der Waals surface area contributed by atoms with Crippen molar-refractivity contribution in [1.29, 1.82) is 0 Å². The highest BCUT2D eigenvalue weighted by Gasteiger charge is 2.16. The number of halogens is 1. The highest BCUT2D eigenvalue weighted by molar-refractivity contribution is 9.11. The zero-order valence-corrected chi connectivity index (χ0v) is 14.1. The summed E-state index contributed by atoms with van der Waals surface area (Å²) in [6.07, 6.45) is 1.49. The van der Waals surface area contributed by atoms with E-state index in [1.165, 1.54) is 6.20 Å². The zero-order valence-electron chi connectivity index (χ0n) is 10.9. The maximum Gasteiger partial charge on any atom is 0.271 e. The van der Waals surface area contributed by atoms with Gasteiger partial charge in [0.05, 0.1) is 15.7 Å². The Hall–Kier alpha value is -1.12. The Morgan fingerprint density at radius 1 is 1.25 bits per heavy atom. The van der Waals surface area contributed by atoms with E-state index < -0.39 is 10.0 Å². The lowest BCUT2D eigenvalue weighted by Gasteiger charge is -2.10. The summed E-state index contributed by atoms with van der Waals surface area (Å²) in [4.78, 5) is 4.16. The third-order valence-corrected chi connectivity index (χ3v) is 5.76. The van der Waals surface area contributed by atoms with Crippen molar-refractivity contribution in [1.82, 2.24) is 4.98 Å². The lowest BCUT2D eigenvalue weighted by atomic mass is 10.3. The first-order valence-corrected chi connectivity index (χ1v) is 8.97. The lowest BCUT2D eigenvalue weighted by Crippen LogP contribution is -2.13. The molecule has 8 heteroatoms. The number of sulfonamides is 1. The van der Waals surface area contributed by atoms with Crippen molar-refractivity contribution in [3.05, 3.63) is 34.2 Å². The summed E-state index contributed by atoms with van der Waals surface area (Å²) in [5.41, 5.74) is 0.434. The summed E-state index contributed by atoms with van der Waals surface area (Å²) in [6.45, 7) is 4.01. The minimum atomic E-state index is -3.55. The van der Waals surface area contributed by atoms with E-state index in [1.54, 1.807) is 24.3 Å².